The molecule has 1 aromatic carbocycles. The van der Waals surface area contributed by atoms with Gasteiger partial charge in [-0.25, -0.2) is 0 Å². The second-order valence-electron chi connectivity index (χ2n) is 10.4. The van der Waals surface area contributed by atoms with Crippen molar-refractivity contribution >= 4 is 69.0 Å². The molecule has 2 aromatic rings. The normalized spacial score (nSPS) is 11.6. The van der Waals surface area contributed by atoms with E-state index in [2.05, 4.69) is 4.98 Å². The predicted octanol–water partition coefficient (Wildman–Crippen LogP) is 2.41. The molecule has 43 heavy (non-hydrogen) atoms. The minimum Gasteiger partial charge on any atom is -0.506 e. The SMILES string of the molecule is CC(=O)c1[nH]c2c(C(C)=O)c(C(C)=O)c(O)c(C(C)=O)c2c1C(C(C)=O)(C(C)=O)C(C(C)=O)(C(C)=O)N(C(C)=O)C(C)=O. The van der Waals surface area contributed by atoms with Gasteiger partial charge in [0.1, 0.15) is 5.75 Å². The standard InChI is InChI=1S/C30H32N2O11/c1-11(33)21-22(12(2)34)28(43)23(13(3)35)24-25(26(14(4)36)31-27(21)24)29(15(5)37,16(6)38)30(17(7)39,18(8)40)32(19(9)41)20(10)42/h31,43H,1-10H3. The first-order chi connectivity index (χ1) is 19.6. The highest BCUT2D eigenvalue weighted by Gasteiger charge is 2.71. The first-order valence-corrected chi connectivity index (χ1v) is 12.9. The van der Waals surface area contributed by atoms with Gasteiger partial charge >= 0.3 is 0 Å². The molecule has 0 saturated heterocycles. The second kappa shape index (κ2) is 11.4. The largest absolute Gasteiger partial charge is 0.506 e. The van der Waals surface area contributed by atoms with Crippen LogP contribution in [-0.4, -0.2) is 78.6 Å². The number of nitrogens with one attached hydrogen (secondary N) is 1. The predicted molar refractivity (Wildman–Crippen MR) is 150 cm³/mol. The Morgan fingerprint density at radius 3 is 1.23 bits per heavy atom. The van der Waals surface area contributed by atoms with E-state index in [0.717, 1.165) is 69.2 Å². The molecule has 0 aliphatic rings. The van der Waals surface area contributed by atoms with Gasteiger partial charge in [-0.3, -0.25) is 52.8 Å². The fourth-order valence-corrected chi connectivity index (χ4v) is 6.34. The number of rotatable bonds is 11. The first-order valence-electron chi connectivity index (χ1n) is 12.9. The summed E-state index contributed by atoms with van der Waals surface area (Å²) in [5.74, 6) is -12.3. The molecule has 2 rings (SSSR count). The monoisotopic (exact) mass is 596 g/mol. The Morgan fingerprint density at radius 1 is 0.558 bits per heavy atom. The Labute approximate surface area is 246 Å². The van der Waals surface area contributed by atoms with Gasteiger partial charge in [0.25, 0.3) is 0 Å². The molecule has 0 atom stereocenters. The van der Waals surface area contributed by atoms with Crippen LogP contribution in [0.2, 0.25) is 0 Å². The molecule has 1 heterocycles. The molecular weight excluding hydrogens is 564 g/mol. The van der Waals surface area contributed by atoms with E-state index in [4.69, 9.17) is 0 Å². The minimum atomic E-state index is -3.25. The minimum absolute atomic E-state index is 0.159. The number of H-pyrrole nitrogens is 1. The van der Waals surface area contributed by atoms with Crippen molar-refractivity contribution in [3.8, 4) is 5.75 Å². The lowest BCUT2D eigenvalue weighted by atomic mass is 9.55. The summed E-state index contributed by atoms with van der Waals surface area (Å²) in [6.45, 7) is 8.64. The Balaban J connectivity index is 3.83. The molecule has 228 valence electrons. The maximum atomic E-state index is 14.0. The van der Waals surface area contributed by atoms with Crippen molar-refractivity contribution in [2.24, 2.45) is 0 Å². The zero-order chi connectivity index (χ0) is 33.7. The fourth-order valence-electron chi connectivity index (χ4n) is 6.34. The summed E-state index contributed by atoms with van der Waals surface area (Å²) >= 11 is 0. The van der Waals surface area contributed by atoms with Gasteiger partial charge in [-0.2, -0.15) is 0 Å². The number of Topliss-reactive ketones (excluding diaryl/α,β-unsaturated/α-hetero) is 8. The van der Waals surface area contributed by atoms with Crippen LogP contribution in [-0.2, 0) is 34.2 Å². The number of phenolic OH excluding ortho intramolecular Hbond substituents is 1. The molecule has 0 aliphatic carbocycles. The molecule has 0 radical (unpaired) electrons. The van der Waals surface area contributed by atoms with E-state index in [0.29, 0.717) is 0 Å². The Bertz CT molecular complexity index is 1680. The van der Waals surface area contributed by atoms with Crippen molar-refractivity contribution in [3.05, 3.63) is 27.9 Å². The molecule has 0 fully saturated rings. The Kier molecular flexibility index (Phi) is 9.07. The van der Waals surface area contributed by atoms with Crippen LogP contribution in [0.1, 0.15) is 116 Å². The summed E-state index contributed by atoms with van der Waals surface area (Å²) in [7, 11) is 0. The quantitative estimate of drug-likeness (QED) is 0.284. The number of ketones is 8. The summed E-state index contributed by atoms with van der Waals surface area (Å²) in [5, 5.41) is 10.7. The maximum absolute atomic E-state index is 14.0. The van der Waals surface area contributed by atoms with E-state index < -0.39 is 114 Å². The summed E-state index contributed by atoms with van der Waals surface area (Å²) in [6, 6.07) is 0. The van der Waals surface area contributed by atoms with Crippen molar-refractivity contribution in [2.45, 2.75) is 80.2 Å². The lowest BCUT2D eigenvalue weighted by Gasteiger charge is -2.49. The van der Waals surface area contributed by atoms with Crippen LogP contribution in [0, 0.1) is 0 Å². The molecule has 0 aliphatic heterocycles. The average molecular weight is 597 g/mol. The van der Waals surface area contributed by atoms with Gasteiger partial charge in [-0.05, 0) is 48.5 Å². The van der Waals surface area contributed by atoms with E-state index >= 15 is 0 Å². The lowest BCUT2D eigenvalue weighted by Crippen LogP contribution is -2.76. The average Bonchev–Trinajstić information content (AvgIpc) is 3.20. The summed E-state index contributed by atoms with van der Waals surface area (Å²) in [6.07, 6.45) is 0. The number of imide groups is 1. The van der Waals surface area contributed by atoms with Gasteiger partial charge in [-0.1, -0.05) is 0 Å². The number of aromatic nitrogens is 1. The Hall–Kier alpha value is -4.94. The number of carbonyl (C=O) groups is 10. The molecule has 0 spiro atoms. The third-order valence-electron chi connectivity index (χ3n) is 7.59. The van der Waals surface area contributed by atoms with Crippen LogP contribution < -0.4 is 0 Å². The number of benzene rings is 1. The van der Waals surface area contributed by atoms with Crippen LogP contribution in [0.4, 0.5) is 0 Å². The third-order valence-corrected chi connectivity index (χ3v) is 7.59. The van der Waals surface area contributed by atoms with Crippen molar-refractivity contribution < 1.29 is 53.1 Å². The second-order valence-corrected chi connectivity index (χ2v) is 10.4. The number of hydrogen-bond acceptors (Lipinski definition) is 11. The van der Waals surface area contributed by atoms with E-state index in [1.54, 1.807) is 0 Å². The molecule has 2 amide bonds. The van der Waals surface area contributed by atoms with Gasteiger partial charge in [-0.15, -0.1) is 0 Å². The van der Waals surface area contributed by atoms with Gasteiger partial charge in [0.15, 0.2) is 57.2 Å². The highest BCUT2D eigenvalue weighted by molar-refractivity contribution is 6.33. The number of hydrogen-bond donors (Lipinski definition) is 2. The zero-order valence-electron chi connectivity index (χ0n) is 25.5. The number of nitrogens with zero attached hydrogens (tertiary/aromatic N) is 1. The van der Waals surface area contributed by atoms with Crippen LogP contribution >= 0.6 is 0 Å². The van der Waals surface area contributed by atoms with Crippen LogP contribution in [0.25, 0.3) is 10.9 Å². The van der Waals surface area contributed by atoms with E-state index in [1.807, 2.05) is 0 Å². The van der Waals surface area contributed by atoms with E-state index in [9.17, 15) is 53.1 Å². The summed E-state index contributed by atoms with van der Waals surface area (Å²) in [5.41, 5.74) is -10.2. The number of aromatic hydroxyl groups is 1. The third kappa shape index (κ3) is 4.55. The van der Waals surface area contributed by atoms with Crippen molar-refractivity contribution in [1.82, 2.24) is 9.88 Å². The van der Waals surface area contributed by atoms with Crippen molar-refractivity contribution in [1.29, 1.82) is 0 Å². The number of amides is 2. The van der Waals surface area contributed by atoms with Crippen molar-refractivity contribution in [3.63, 3.8) is 0 Å². The Morgan fingerprint density at radius 2 is 0.953 bits per heavy atom. The molecule has 13 heteroatoms. The van der Waals surface area contributed by atoms with E-state index in [1.165, 1.54) is 0 Å². The number of phenols is 1. The van der Waals surface area contributed by atoms with Crippen molar-refractivity contribution in [2.75, 3.05) is 0 Å². The van der Waals surface area contributed by atoms with Gasteiger partial charge in [0.05, 0.1) is 27.9 Å². The van der Waals surface area contributed by atoms with Crippen LogP contribution in [0.5, 0.6) is 5.75 Å². The summed E-state index contributed by atoms with van der Waals surface area (Å²) < 4.78 is 0. The number of carbonyl (C=O) groups excluding carboxylic acids is 10. The number of aromatic amines is 1. The molecule has 0 unspecified atom stereocenters. The summed E-state index contributed by atoms with van der Waals surface area (Å²) in [4.78, 5) is 136. The van der Waals surface area contributed by atoms with Crippen LogP contribution in [0.15, 0.2) is 0 Å². The highest BCUT2D eigenvalue weighted by atomic mass is 16.3. The molecule has 1 aromatic heterocycles. The smallest absolute Gasteiger partial charge is 0.227 e. The van der Waals surface area contributed by atoms with Gasteiger partial charge < -0.3 is 10.1 Å². The van der Waals surface area contributed by atoms with Gasteiger partial charge in [0, 0.05) is 31.7 Å². The van der Waals surface area contributed by atoms with Gasteiger partial charge in [0.2, 0.25) is 11.8 Å². The first kappa shape index (κ1) is 34.3. The fraction of sp³-hybridized carbons (Fsp3) is 0.400. The molecule has 0 saturated carbocycles. The lowest BCUT2D eigenvalue weighted by molar-refractivity contribution is -0.169. The molecular formula is C30H32N2O11. The zero-order valence-corrected chi connectivity index (χ0v) is 25.5. The molecule has 13 nitrogen and oxygen atoms in total. The highest BCUT2D eigenvalue weighted by Crippen LogP contribution is 2.50. The topological polar surface area (TPSA) is 210 Å². The molecule has 2 N–H and O–H groups in total. The van der Waals surface area contributed by atoms with Crippen LogP contribution in [0.3, 0.4) is 0 Å². The maximum Gasteiger partial charge on any atom is 0.227 e. The number of fused-ring (bicyclic) bond motifs is 1. The van der Waals surface area contributed by atoms with E-state index in [-0.39, 0.29) is 4.90 Å². The molecule has 0 bridgehead atoms.